The number of aromatic nitrogens is 3. The minimum absolute atomic E-state index is 0. The van der Waals surface area contributed by atoms with Crippen molar-refractivity contribution in [3.63, 3.8) is 0 Å². The summed E-state index contributed by atoms with van der Waals surface area (Å²) in [7, 11) is 0. The van der Waals surface area contributed by atoms with Gasteiger partial charge in [-0.2, -0.15) is 0 Å². The number of piperidine rings is 1. The van der Waals surface area contributed by atoms with Crippen LogP contribution in [0.5, 0.6) is 0 Å². The van der Waals surface area contributed by atoms with Crippen molar-refractivity contribution in [3.05, 3.63) is 11.9 Å². The van der Waals surface area contributed by atoms with E-state index < -0.39 is 0 Å². The molecule has 25 heavy (non-hydrogen) atoms. The molecule has 3 rings (SSSR count). The van der Waals surface area contributed by atoms with E-state index >= 15 is 0 Å². The summed E-state index contributed by atoms with van der Waals surface area (Å²) >= 11 is 0. The van der Waals surface area contributed by atoms with Crippen LogP contribution in [0.1, 0.15) is 56.1 Å². The first-order chi connectivity index (χ1) is 11.6. The highest BCUT2D eigenvalue weighted by molar-refractivity contribution is 5.92. The zero-order chi connectivity index (χ0) is 16.9. The molecule has 2 fully saturated rings. The van der Waals surface area contributed by atoms with Gasteiger partial charge in [-0.1, -0.05) is 19.1 Å². The molecule has 2 aliphatic rings. The van der Waals surface area contributed by atoms with Crippen molar-refractivity contribution < 1.29 is 9.53 Å². The summed E-state index contributed by atoms with van der Waals surface area (Å²) < 4.78 is 7.75. The van der Waals surface area contributed by atoms with Gasteiger partial charge in [-0.25, -0.2) is 4.68 Å². The maximum Gasteiger partial charge on any atom is 0.276 e. The number of hydrogen-bond donors (Lipinski definition) is 1. The Hall–Kier alpha value is -1.18. The predicted octanol–water partition coefficient (Wildman–Crippen LogP) is 1.90. The molecule has 1 N–H and O–H groups in total. The molecule has 142 valence electrons. The van der Waals surface area contributed by atoms with Crippen LogP contribution in [0.2, 0.25) is 0 Å². The lowest BCUT2D eigenvalue weighted by atomic mass is 10.1. The first-order valence-corrected chi connectivity index (χ1v) is 9.17. The van der Waals surface area contributed by atoms with Crippen LogP contribution in [0.4, 0.5) is 0 Å². The van der Waals surface area contributed by atoms with Crippen molar-refractivity contribution in [1.29, 1.82) is 0 Å². The zero-order valence-corrected chi connectivity index (χ0v) is 16.0. The Labute approximate surface area is 155 Å². The summed E-state index contributed by atoms with van der Waals surface area (Å²) in [5.41, 5.74) is 0.455. The molecule has 0 aliphatic carbocycles. The molecular formula is C17H30ClN5O2. The van der Waals surface area contributed by atoms with Crippen molar-refractivity contribution in [2.45, 2.75) is 51.7 Å². The molecule has 3 heterocycles. The Kier molecular flexibility index (Phi) is 7.65. The van der Waals surface area contributed by atoms with E-state index in [-0.39, 0.29) is 24.4 Å². The Balaban J connectivity index is 0.00000225. The van der Waals surface area contributed by atoms with Crippen molar-refractivity contribution in [2.24, 2.45) is 5.92 Å². The van der Waals surface area contributed by atoms with Gasteiger partial charge in [-0.3, -0.25) is 4.79 Å². The van der Waals surface area contributed by atoms with E-state index in [0.29, 0.717) is 24.2 Å². The van der Waals surface area contributed by atoms with Gasteiger partial charge >= 0.3 is 0 Å². The number of rotatable bonds is 6. The number of amides is 1. The quantitative estimate of drug-likeness (QED) is 0.826. The maximum absolute atomic E-state index is 12.6. The third kappa shape index (κ3) is 5.39. The number of halogens is 1. The molecule has 1 amide bonds. The summed E-state index contributed by atoms with van der Waals surface area (Å²) in [5, 5.41) is 11.6. The molecule has 1 atom stereocenters. The van der Waals surface area contributed by atoms with E-state index in [1.54, 1.807) is 0 Å². The van der Waals surface area contributed by atoms with Crippen molar-refractivity contribution in [3.8, 4) is 0 Å². The molecule has 1 unspecified atom stereocenters. The third-order valence-corrected chi connectivity index (χ3v) is 4.89. The monoisotopic (exact) mass is 371 g/mol. The summed E-state index contributed by atoms with van der Waals surface area (Å²) in [4.78, 5) is 14.5. The Bertz CT molecular complexity index is 545. The van der Waals surface area contributed by atoms with Gasteiger partial charge in [-0.05, 0) is 44.7 Å². The summed E-state index contributed by atoms with van der Waals surface area (Å²) in [5.74, 6) is 0.624. The molecule has 2 saturated heterocycles. The predicted molar refractivity (Wildman–Crippen MR) is 98.1 cm³/mol. The number of carbonyl (C=O) groups excluding carboxylic acids is 1. The summed E-state index contributed by atoms with van der Waals surface area (Å²) in [6.07, 6.45) is 6.01. The fourth-order valence-corrected chi connectivity index (χ4v) is 3.31. The van der Waals surface area contributed by atoms with Crippen LogP contribution >= 0.6 is 12.4 Å². The zero-order valence-electron chi connectivity index (χ0n) is 15.2. The van der Waals surface area contributed by atoms with Crippen LogP contribution in [0.15, 0.2) is 6.20 Å². The molecule has 7 nitrogen and oxygen atoms in total. The van der Waals surface area contributed by atoms with E-state index in [1.807, 2.05) is 15.8 Å². The van der Waals surface area contributed by atoms with E-state index in [1.165, 1.54) is 0 Å². The summed E-state index contributed by atoms with van der Waals surface area (Å²) in [6.45, 7) is 8.56. The normalized spacial score (nSPS) is 21.6. The van der Waals surface area contributed by atoms with Gasteiger partial charge in [0.15, 0.2) is 5.69 Å². The van der Waals surface area contributed by atoms with E-state index in [0.717, 1.165) is 51.9 Å². The average Bonchev–Trinajstić information content (AvgIpc) is 3.24. The van der Waals surface area contributed by atoms with Crippen molar-refractivity contribution in [1.82, 2.24) is 25.2 Å². The molecular weight excluding hydrogens is 342 g/mol. The van der Waals surface area contributed by atoms with E-state index in [4.69, 9.17) is 4.74 Å². The minimum atomic E-state index is -0.0230. The standard InChI is InChI=1S/C17H29N5O2.ClH/c1-13(2)6-10-24-15-5-9-21(11-15)17(23)16-12-22(20-19-16)14-3-7-18-8-4-14;/h12-15,18H,3-11H2,1-2H3;1H. The van der Waals surface area contributed by atoms with Crippen LogP contribution < -0.4 is 5.32 Å². The lowest BCUT2D eigenvalue weighted by molar-refractivity contribution is 0.0482. The smallest absolute Gasteiger partial charge is 0.276 e. The molecule has 1 aromatic heterocycles. The van der Waals surface area contributed by atoms with Crippen LogP contribution in [-0.4, -0.2) is 64.7 Å². The van der Waals surface area contributed by atoms with Gasteiger partial charge in [0.05, 0.1) is 18.3 Å². The number of likely N-dealkylation sites (tertiary alicyclic amines) is 1. The minimum Gasteiger partial charge on any atom is -0.376 e. The highest BCUT2D eigenvalue weighted by Gasteiger charge is 2.29. The summed E-state index contributed by atoms with van der Waals surface area (Å²) in [6, 6.07) is 0.353. The molecule has 0 saturated carbocycles. The highest BCUT2D eigenvalue weighted by Crippen LogP contribution is 2.19. The second-order valence-electron chi connectivity index (χ2n) is 7.28. The van der Waals surface area contributed by atoms with Gasteiger partial charge in [0.25, 0.3) is 5.91 Å². The first kappa shape index (κ1) is 20.1. The van der Waals surface area contributed by atoms with Gasteiger partial charge in [0.1, 0.15) is 0 Å². The van der Waals surface area contributed by atoms with Gasteiger partial charge < -0.3 is 15.0 Å². The lowest BCUT2D eigenvalue weighted by Gasteiger charge is -2.22. The molecule has 8 heteroatoms. The first-order valence-electron chi connectivity index (χ1n) is 9.17. The molecule has 1 aromatic rings. The van der Waals surface area contributed by atoms with Gasteiger partial charge in [-0.15, -0.1) is 17.5 Å². The third-order valence-electron chi connectivity index (χ3n) is 4.89. The highest BCUT2D eigenvalue weighted by atomic mass is 35.5. The topological polar surface area (TPSA) is 72.3 Å². The average molecular weight is 372 g/mol. The van der Waals surface area contributed by atoms with Crippen LogP contribution in [-0.2, 0) is 4.74 Å². The van der Waals surface area contributed by atoms with Crippen molar-refractivity contribution in [2.75, 3.05) is 32.8 Å². The number of nitrogens with one attached hydrogen (secondary N) is 1. The number of hydrogen-bond acceptors (Lipinski definition) is 5. The largest absolute Gasteiger partial charge is 0.376 e. The Morgan fingerprint density at radius 3 is 2.84 bits per heavy atom. The number of nitrogens with zero attached hydrogens (tertiary/aromatic N) is 4. The maximum atomic E-state index is 12.6. The van der Waals surface area contributed by atoms with Crippen LogP contribution in [0.3, 0.4) is 0 Å². The molecule has 0 bridgehead atoms. The molecule has 0 spiro atoms. The molecule has 2 aliphatic heterocycles. The van der Waals surface area contributed by atoms with Crippen LogP contribution in [0, 0.1) is 5.92 Å². The second kappa shape index (κ2) is 9.50. The van der Waals surface area contributed by atoms with Crippen molar-refractivity contribution >= 4 is 18.3 Å². The fraction of sp³-hybridized carbons (Fsp3) is 0.824. The second-order valence-corrected chi connectivity index (χ2v) is 7.28. The Morgan fingerprint density at radius 1 is 1.36 bits per heavy atom. The van der Waals surface area contributed by atoms with E-state index in [2.05, 4.69) is 29.5 Å². The Morgan fingerprint density at radius 2 is 2.12 bits per heavy atom. The number of ether oxygens (including phenoxy) is 1. The number of carbonyl (C=O) groups is 1. The van der Waals surface area contributed by atoms with Crippen LogP contribution in [0.25, 0.3) is 0 Å². The lowest BCUT2D eigenvalue weighted by Crippen LogP contribution is -2.31. The molecule has 0 radical (unpaired) electrons. The van der Waals surface area contributed by atoms with E-state index in [9.17, 15) is 4.79 Å². The SMILES string of the molecule is CC(C)CCOC1CCN(C(=O)c2cn(C3CCNCC3)nn2)C1.Cl. The van der Waals surface area contributed by atoms with Gasteiger partial charge in [0.2, 0.25) is 0 Å². The fourth-order valence-electron chi connectivity index (χ4n) is 3.31. The molecule has 0 aromatic carbocycles. The van der Waals surface area contributed by atoms with Gasteiger partial charge in [0, 0.05) is 19.7 Å².